The number of carbonyl (C=O) groups is 4. The minimum Gasteiger partial charge on any atom is -0.443 e. The van der Waals surface area contributed by atoms with E-state index in [9.17, 15) is 19.2 Å². The lowest BCUT2D eigenvalue weighted by Gasteiger charge is -2.44. The average molecular weight is 420 g/mol. The van der Waals surface area contributed by atoms with Crippen LogP contribution in [0.25, 0.3) is 0 Å². The quantitative estimate of drug-likeness (QED) is 0.415. The third-order valence-corrected chi connectivity index (χ3v) is 6.70. The predicted molar refractivity (Wildman–Crippen MR) is 108 cm³/mol. The number of nitrogens with one attached hydrogen (secondary N) is 1. The van der Waals surface area contributed by atoms with Crippen molar-refractivity contribution in [3.05, 3.63) is 35.9 Å². The largest absolute Gasteiger partial charge is 0.443 e. The zero-order chi connectivity index (χ0) is 21.3. The fourth-order valence-corrected chi connectivity index (χ4v) is 5.08. The highest BCUT2D eigenvalue weighted by Gasteiger charge is 2.64. The Labute approximate surface area is 173 Å². The van der Waals surface area contributed by atoms with Gasteiger partial charge in [0.15, 0.2) is 6.73 Å². The van der Waals surface area contributed by atoms with E-state index in [0.717, 1.165) is 5.56 Å². The smallest absolute Gasteiger partial charge is 0.332 e. The Balaban J connectivity index is 1.62. The van der Waals surface area contributed by atoms with Crippen LogP contribution in [0.1, 0.15) is 26.3 Å². The fourth-order valence-electron chi connectivity index (χ4n) is 3.46. The zero-order valence-electron chi connectivity index (χ0n) is 16.9. The summed E-state index contributed by atoms with van der Waals surface area (Å²) < 4.78 is 4.67. The molecule has 8 nitrogen and oxygen atoms in total. The van der Waals surface area contributed by atoms with E-state index in [2.05, 4.69) is 5.32 Å². The van der Waals surface area contributed by atoms with E-state index in [1.54, 1.807) is 0 Å². The van der Waals surface area contributed by atoms with E-state index in [4.69, 9.17) is 4.74 Å². The number of β-lactam (4-membered cyclic amide) rings is 1. The molecule has 3 rings (SSSR count). The molecule has 0 saturated carbocycles. The molecular weight excluding hydrogens is 394 g/mol. The Morgan fingerprint density at radius 1 is 1.24 bits per heavy atom. The Morgan fingerprint density at radius 2 is 1.90 bits per heavy atom. The van der Waals surface area contributed by atoms with Crippen molar-refractivity contribution in [2.75, 3.05) is 13.8 Å². The van der Waals surface area contributed by atoms with Crippen molar-refractivity contribution in [3.63, 3.8) is 0 Å². The van der Waals surface area contributed by atoms with Gasteiger partial charge in [0, 0.05) is 18.7 Å². The number of thioether (sulfide) groups is 1. The zero-order valence-corrected chi connectivity index (χ0v) is 17.7. The van der Waals surface area contributed by atoms with Crippen LogP contribution < -0.4 is 5.32 Å². The van der Waals surface area contributed by atoms with Crippen molar-refractivity contribution < 1.29 is 23.9 Å². The number of ether oxygens (including phenoxy) is 1. The molecule has 2 heterocycles. The second kappa shape index (κ2) is 8.06. The van der Waals surface area contributed by atoms with Crippen LogP contribution in [-0.2, 0) is 30.3 Å². The highest BCUT2D eigenvalue weighted by atomic mass is 32.2. The van der Waals surface area contributed by atoms with E-state index >= 15 is 0 Å². The Kier molecular flexibility index (Phi) is 5.88. The van der Waals surface area contributed by atoms with Crippen molar-refractivity contribution >= 4 is 35.5 Å². The van der Waals surface area contributed by atoms with Crippen molar-refractivity contribution in [2.45, 2.75) is 49.4 Å². The first-order chi connectivity index (χ1) is 13.6. The van der Waals surface area contributed by atoms with E-state index < -0.39 is 22.8 Å². The molecule has 1 unspecified atom stereocenters. The minimum atomic E-state index is -0.771. The van der Waals surface area contributed by atoms with E-state index in [1.165, 1.54) is 35.5 Å². The van der Waals surface area contributed by atoms with Gasteiger partial charge in [-0.15, -0.1) is 11.8 Å². The second-order valence-corrected chi connectivity index (χ2v) is 9.55. The van der Waals surface area contributed by atoms with Crippen molar-refractivity contribution in [1.29, 1.82) is 0 Å². The molecule has 0 radical (unpaired) electrons. The predicted octanol–water partition coefficient (Wildman–Crippen LogP) is 0.755. The number of carbonyl (C=O) groups excluding carboxylic acids is 4. The third-order valence-electron chi connectivity index (χ3n) is 5.13. The minimum absolute atomic E-state index is 0.171. The summed E-state index contributed by atoms with van der Waals surface area (Å²) in [7, 11) is 1.53. The van der Waals surface area contributed by atoms with Crippen LogP contribution in [0.15, 0.2) is 30.3 Å². The molecular formula is C20H25N3O5S. The summed E-state index contributed by atoms with van der Waals surface area (Å²) in [5.74, 6) is -1.31. The van der Waals surface area contributed by atoms with E-state index in [1.807, 2.05) is 44.2 Å². The summed E-state index contributed by atoms with van der Waals surface area (Å²) in [5.41, 5.74) is 0.865. The lowest BCUT2D eigenvalue weighted by atomic mass is 9.96. The molecule has 1 aromatic rings. The van der Waals surface area contributed by atoms with Gasteiger partial charge < -0.3 is 19.9 Å². The maximum absolute atomic E-state index is 12.7. The van der Waals surface area contributed by atoms with Gasteiger partial charge in [-0.1, -0.05) is 30.3 Å². The van der Waals surface area contributed by atoms with Gasteiger partial charge in [-0.3, -0.25) is 14.4 Å². The number of fused-ring (bicyclic) bond motifs is 1. The monoisotopic (exact) mass is 419 g/mol. The molecule has 2 aliphatic heterocycles. The van der Waals surface area contributed by atoms with Gasteiger partial charge in [0.2, 0.25) is 17.7 Å². The van der Waals surface area contributed by atoms with Gasteiger partial charge in [0.25, 0.3) is 0 Å². The van der Waals surface area contributed by atoms with Gasteiger partial charge in [0.1, 0.15) is 17.5 Å². The summed E-state index contributed by atoms with van der Waals surface area (Å²) in [6.45, 7) is 4.94. The lowest BCUT2D eigenvalue weighted by molar-refractivity contribution is -0.167. The molecule has 3 atom stereocenters. The maximum Gasteiger partial charge on any atom is 0.332 e. The molecule has 29 heavy (non-hydrogen) atoms. The normalized spacial score (nSPS) is 24.3. The van der Waals surface area contributed by atoms with Crippen LogP contribution >= 0.6 is 11.8 Å². The fraction of sp³-hybridized carbons (Fsp3) is 0.500. The number of esters is 1. The Bertz CT molecular complexity index is 829. The second-order valence-electron chi connectivity index (χ2n) is 7.78. The SMILES string of the molecule is CC(=O)N(C)COC(=O)[C@@H]1N2C(=O)[C@@H](NC(=O)Cc3ccccc3)C2SC1(C)C. The molecule has 2 fully saturated rings. The van der Waals surface area contributed by atoms with Gasteiger partial charge in [-0.05, 0) is 19.4 Å². The van der Waals surface area contributed by atoms with Crippen LogP contribution in [0.2, 0.25) is 0 Å². The topological polar surface area (TPSA) is 96.0 Å². The Hall–Kier alpha value is -2.55. The van der Waals surface area contributed by atoms with E-state index in [-0.39, 0.29) is 36.2 Å². The summed E-state index contributed by atoms with van der Waals surface area (Å²) >= 11 is 1.46. The molecule has 2 aliphatic rings. The first-order valence-electron chi connectivity index (χ1n) is 9.33. The van der Waals surface area contributed by atoms with Crippen LogP contribution in [0, 0.1) is 0 Å². The van der Waals surface area contributed by atoms with Gasteiger partial charge in [-0.25, -0.2) is 4.79 Å². The lowest BCUT2D eigenvalue weighted by Crippen LogP contribution is -2.70. The summed E-state index contributed by atoms with van der Waals surface area (Å²) in [4.78, 5) is 51.7. The molecule has 0 aliphatic carbocycles. The molecule has 0 spiro atoms. The first kappa shape index (κ1) is 21.2. The molecule has 9 heteroatoms. The van der Waals surface area contributed by atoms with Gasteiger partial charge >= 0.3 is 5.97 Å². The van der Waals surface area contributed by atoms with Crippen molar-refractivity contribution in [3.8, 4) is 0 Å². The van der Waals surface area contributed by atoms with Crippen LogP contribution in [0.5, 0.6) is 0 Å². The van der Waals surface area contributed by atoms with Crippen LogP contribution in [0.4, 0.5) is 0 Å². The average Bonchev–Trinajstić information content (AvgIpc) is 2.92. The van der Waals surface area contributed by atoms with Crippen LogP contribution in [-0.4, -0.2) is 69.5 Å². The third kappa shape index (κ3) is 4.24. The summed E-state index contributed by atoms with van der Waals surface area (Å²) in [5, 5.41) is 2.47. The number of hydrogen-bond acceptors (Lipinski definition) is 6. The van der Waals surface area contributed by atoms with Gasteiger partial charge in [-0.2, -0.15) is 0 Å². The molecule has 0 bridgehead atoms. The summed E-state index contributed by atoms with van der Waals surface area (Å²) in [6, 6.07) is 7.86. The highest BCUT2D eigenvalue weighted by Crippen LogP contribution is 2.51. The molecule has 1 aromatic carbocycles. The van der Waals surface area contributed by atoms with Crippen molar-refractivity contribution in [1.82, 2.24) is 15.1 Å². The first-order valence-corrected chi connectivity index (χ1v) is 10.2. The standard InChI is InChI=1S/C20H25N3O5S/c1-12(24)22(4)11-28-19(27)16-20(2,3)29-18-15(17(26)23(16)18)21-14(25)10-13-8-6-5-7-9-13/h5-9,15-16,18H,10-11H2,1-4H3,(H,21,25)/t15-,16+,18?/m1/s1. The Morgan fingerprint density at radius 3 is 2.52 bits per heavy atom. The molecule has 1 N–H and O–H groups in total. The molecule has 0 aromatic heterocycles. The van der Waals surface area contributed by atoms with Gasteiger partial charge in [0.05, 0.1) is 6.42 Å². The number of amides is 3. The number of benzene rings is 1. The highest BCUT2D eigenvalue weighted by molar-refractivity contribution is 8.01. The van der Waals surface area contributed by atoms with Crippen LogP contribution in [0.3, 0.4) is 0 Å². The number of nitrogens with zero attached hydrogens (tertiary/aromatic N) is 2. The summed E-state index contributed by atoms with van der Waals surface area (Å²) in [6.07, 6.45) is 0.189. The molecule has 2 saturated heterocycles. The number of hydrogen-bond donors (Lipinski definition) is 1. The molecule has 3 amide bonds. The van der Waals surface area contributed by atoms with E-state index in [0.29, 0.717) is 0 Å². The molecule has 156 valence electrons. The number of rotatable bonds is 6. The maximum atomic E-state index is 12.7. The van der Waals surface area contributed by atoms with Crippen molar-refractivity contribution in [2.24, 2.45) is 0 Å².